The van der Waals surface area contributed by atoms with E-state index in [9.17, 15) is 4.79 Å². The highest BCUT2D eigenvalue weighted by atomic mass is 35.5. The van der Waals surface area contributed by atoms with E-state index in [1.807, 2.05) is 24.3 Å². The van der Waals surface area contributed by atoms with Crippen LogP contribution in [0.1, 0.15) is 18.4 Å². The largest absolute Gasteiger partial charge is 0.480 e. The summed E-state index contributed by atoms with van der Waals surface area (Å²) in [5, 5.41) is 9.56. The van der Waals surface area contributed by atoms with Crippen molar-refractivity contribution in [3.63, 3.8) is 0 Å². The van der Waals surface area contributed by atoms with Crippen LogP contribution in [0.3, 0.4) is 0 Å². The third kappa shape index (κ3) is 4.20. The van der Waals surface area contributed by atoms with Gasteiger partial charge < -0.3 is 10.8 Å². The predicted molar refractivity (Wildman–Crippen MR) is 75.1 cm³/mol. The quantitative estimate of drug-likeness (QED) is 0.866. The summed E-state index contributed by atoms with van der Waals surface area (Å²) in [7, 11) is 0. The molecule has 1 aliphatic rings. The molecule has 0 bridgehead atoms. The van der Waals surface area contributed by atoms with Crippen LogP contribution in [0.4, 0.5) is 0 Å². The van der Waals surface area contributed by atoms with Crippen LogP contribution >= 0.6 is 11.6 Å². The molecule has 0 saturated carbocycles. The van der Waals surface area contributed by atoms with Crippen molar-refractivity contribution in [1.82, 2.24) is 4.90 Å². The second kappa shape index (κ2) is 6.37. The topological polar surface area (TPSA) is 66.6 Å². The lowest BCUT2D eigenvalue weighted by molar-refractivity contribution is -0.138. The molecule has 0 spiro atoms. The molecule has 1 aliphatic heterocycles. The van der Waals surface area contributed by atoms with E-state index >= 15 is 0 Å². The van der Waals surface area contributed by atoms with Crippen LogP contribution in [0.2, 0.25) is 5.02 Å². The van der Waals surface area contributed by atoms with Crippen LogP contribution in [0.5, 0.6) is 0 Å². The van der Waals surface area contributed by atoms with Gasteiger partial charge in [-0.2, -0.15) is 0 Å². The molecule has 1 saturated heterocycles. The Balaban J connectivity index is 1.82. The molecule has 5 heteroatoms. The standard InChI is InChI=1S/C14H19ClN2O2/c15-12-3-1-10(2-4-12)8-17-6-5-11(9-17)7-13(16)14(18)19/h1-4,11,13H,5-9,16H2,(H,18,19). The van der Waals surface area contributed by atoms with Gasteiger partial charge >= 0.3 is 5.97 Å². The zero-order valence-corrected chi connectivity index (χ0v) is 11.5. The average Bonchev–Trinajstić information content (AvgIpc) is 2.79. The summed E-state index contributed by atoms with van der Waals surface area (Å²) in [5.74, 6) is -0.519. The van der Waals surface area contributed by atoms with Crippen molar-refractivity contribution in [2.24, 2.45) is 11.7 Å². The predicted octanol–water partition coefficient (Wildman–Crippen LogP) is 1.96. The minimum absolute atomic E-state index is 0.387. The van der Waals surface area contributed by atoms with Crippen molar-refractivity contribution in [3.8, 4) is 0 Å². The molecule has 0 radical (unpaired) electrons. The van der Waals surface area contributed by atoms with Gasteiger partial charge in [-0.25, -0.2) is 0 Å². The molecule has 2 unspecified atom stereocenters. The average molecular weight is 283 g/mol. The van der Waals surface area contributed by atoms with E-state index in [2.05, 4.69) is 4.90 Å². The lowest BCUT2D eigenvalue weighted by atomic mass is 10.00. The fraction of sp³-hybridized carbons (Fsp3) is 0.500. The van der Waals surface area contributed by atoms with Gasteiger partial charge in [-0.1, -0.05) is 23.7 Å². The molecule has 0 aromatic heterocycles. The first-order chi connectivity index (χ1) is 9.04. The molecule has 2 rings (SSSR count). The molecule has 19 heavy (non-hydrogen) atoms. The number of carboxylic acid groups (broad SMARTS) is 1. The molecular weight excluding hydrogens is 264 g/mol. The highest BCUT2D eigenvalue weighted by Crippen LogP contribution is 2.22. The second-order valence-electron chi connectivity index (χ2n) is 5.20. The maximum atomic E-state index is 10.7. The number of carboxylic acids is 1. The minimum atomic E-state index is -0.906. The summed E-state index contributed by atoms with van der Waals surface area (Å²) in [4.78, 5) is 13.1. The third-order valence-electron chi connectivity index (χ3n) is 3.59. The van der Waals surface area contributed by atoms with E-state index in [-0.39, 0.29) is 0 Å². The lowest BCUT2D eigenvalue weighted by Crippen LogP contribution is -2.33. The second-order valence-corrected chi connectivity index (χ2v) is 5.63. The van der Waals surface area contributed by atoms with E-state index in [0.29, 0.717) is 12.3 Å². The lowest BCUT2D eigenvalue weighted by Gasteiger charge is -2.17. The molecular formula is C14H19ClN2O2. The van der Waals surface area contributed by atoms with Crippen molar-refractivity contribution < 1.29 is 9.90 Å². The summed E-state index contributed by atoms with van der Waals surface area (Å²) < 4.78 is 0. The fourth-order valence-corrected chi connectivity index (χ4v) is 2.68. The maximum absolute atomic E-state index is 10.7. The molecule has 1 heterocycles. The number of nitrogens with two attached hydrogens (primary N) is 1. The van der Waals surface area contributed by atoms with Gasteiger partial charge in [-0.05, 0) is 43.0 Å². The Bertz CT molecular complexity index is 436. The van der Waals surface area contributed by atoms with E-state index in [0.717, 1.165) is 31.1 Å². The smallest absolute Gasteiger partial charge is 0.320 e. The van der Waals surface area contributed by atoms with Crippen LogP contribution < -0.4 is 5.73 Å². The first-order valence-electron chi connectivity index (χ1n) is 6.50. The Kier molecular flexibility index (Phi) is 4.80. The Morgan fingerprint density at radius 3 is 2.79 bits per heavy atom. The Hall–Kier alpha value is -1.10. The number of benzene rings is 1. The number of hydrogen-bond donors (Lipinski definition) is 2. The SMILES string of the molecule is NC(CC1CCN(Cc2ccc(Cl)cc2)C1)C(=O)O. The van der Waals surface area contributed by atoms with Crippen LogP contribution in [0, 0.1) is 5.92 Å². The highest BCUT2D eigenvalue weighted by Gasteiger charge is 2.26. The van der Waals surface area contributed by atoms with E-state index in [4.69, 9.17) is 22.4 Å². The van der Waals surface area contributed by atoms with Gasteiger partial charge in [0.05, 0.1) is 0 Å². The molecule has 0 aliphatic carbocycles. The zero-order chi connectivity index (χ0) is 13.8. The van der Waals surface area contributed by atoms with Crippen LogP contribution in [-0.2, 0) is 11.3 Å². The molecule has 0 amide bonds. The Morgan fingerprint density at radius 2 is 2.16 bits per heavy atom. The van der Waals surface area contributed by atoms with E-state index in [1.165, 1.54) is 5.56 Å². The zero-order valence-electron chi connectivity index (χ0n) is 10.8. The Morgan fingerprint density at radius 1 is 1.47 bits per heavy atom. The summed E-state index contributed by atoms with van der Waals surface area (Å²) in [6, 6.07) is 7.10. The summed E-state index contributed by atoms with van der Waals surface area (Å²) in [5.41, 5.74) is 6.81. The summed E-state index contributed by atoms with van der Waals surface area (Å²) in [6.07, 6.45) is 1.58. The van der Waals surface area contributed by atoms with Crippen LogP contribution in [0.15, 0.2) is 24.3 Å². The van der Waals surface area contributed by atoms with Crippen LogP contribution in [-0.4, -0.2) is 35.1 Å². The summed E-state index contributed by atoms with van der Waals surface area (Å²) >= 11 is 5.86. The van der Waals surface area contributed by atoms with E-state index < -0.39 is 12.0 Å². The number of rotatable bonds is 5. The first-order valence-corrected chi connectivity index (χ1v) is 6.87. The third-order valence-corrected chi connectivity index (χ3v) is 3.85. The minimum Gasteiger partial charge on any atom is -0.480 e. The van der Waals surface area contributed by atoms with Gasteiger partial charge in [0.2, 0.25) is 0 Å². The maximum Gasteiger partial charge on any atom is 0.320 e. The highest BCUT2D eigenvalue weighted by molar-refractivity contribution is 6.30. The fourth-order valence-electron chi connectivity index (χ4n) is 2.56. The van der Waals surface area contributed by atoms with Crippen molar-refractivity contribution in [2.45, 2.75) is 25.4 Å². The normalized spacial score (nSPS) is 21.5. The van der Waals surface area contributed by atoms with Crippen LogP contribution in [0.25, 0.3) is 0 Å². The number of carbonyl (C=O) groups is 1. The van der Waals surface area contributed by atoms with Gasteiger partial charge in [0.1, 0.15) is 6.04 Å². The number of hydrogen-bond acceptors (Lipinski definition) is 3. The molecule has 3 N–H and O–H groups in total. The molecule has 1 fully saturated rings. The van der Waals surface area contributed by atoms with Gasteiger partial charge in [-0.15, -0.1) is 0 Å². The summed E-state index contributed by atoms with van der Waals surface area (Å²) in [6.45, 7) is 2.80. The molecule has 4 nitrogen and oxygen atoms in total. The number of nitrogens with zero attached hydrogens (tertiary/aromatic N) is 1. The number of likely N-dealkylation sites (tertiary alicyclic amines) is 1. The van der Waals surface area contributed by atoms with Crippen molar-refractivity contribution in [1.29, 1.82) is 0 Å². The number of halogens is 1. The first kappa shape index (κ1) is 14.3. The molecule has 2 atom stereocenters. The van der Waals surface area contributed by atoms with Gasteiger partial charge in [0.25, 0.3) is 0 Å². The van der Waals surface area contributed by atoms with Gasteiger partial charge in [0, 0.05) is 18.1 Å². The van der Waals surface area contributed by atoms with Gasteiger partial charge in [0.15, 0.2) is 0 Å². The molecule has 104 valence electrons. The molecule has 1 aromatic carbocycles. The number of aliphatic carboxylic acids is 1. The monoisotopic (exact) mass is 282 g/mol. The van der Waals surface area contributed by atoms with Crippen molar-refractivity contribution in [3.05, 3.63) is 34.9 Å². The van der Waals surface area contributed by atoms with Crippen molar-refractivity contribution in [2.75, 3.05) is 13.1 Å². The molecule has 1 aromatic rings. The van der Waals surface area contributed by atoms with Gasteiger partial charge in [-0.3, -0.25) is 9.69 Å². The van der Waals surface area contributed by atoms with E-state index in [1.54, 1.807) is 0 Å². The van der Waals surface area contributed by atoms with Crippen molar-refractivity contribution >= 4 is 17.6 Å². The Labute approximate surface area is 118 Å².